The van der Waals surface area contributed by atoms with E-state index in [4.69, 9.17) is 0 Å². The molecule has 0 bridgehead atoms. The van der Waals surface area contributed by atoms with E-state index in [0.29, 0.717) is 15.8 Å². The van der Waals surface area contributed by atoms with Crippen LogP contribution < -0.4 is 0 Å². The maximum atomic E-state index is 11.1. The Morgan fingerprint density at radius 3 is 2.58 bits per heavy atom. The molecule has 12 heavy (non-hydrogen) atoms. The first-order valence-electron chi connectivity index (χ1n) is 4.67. The Morgan fingerprint density at radius 1 is 1.42 bits per heavy atom. The fourth-order valence-electron chi connectivity index (χ4n) is 1.59. The highest BCUT2D eigenvalue weighted by Gasteiger charge is 2.24. The van der Waals surface area contributed by atoms with Gasteiger partial charge in [0.1, 0.15) is 5.78 Å². The summed E-state index contributed by atoms with van der Waals surface area (Å²) in [4.78, 5) is 11.1. The van der Waals surface area contributed by atoms with Crippen LogP contribution in [0.3, 0.4) is 0 Å². The van der Waals surface area contributed by atoms with E-state index in [9.17, 15) is 4.79 Å². The second kappa shape index (κ2) is 3.82. The van der Waals surface area contributed by atoms with Gasteiger partial charge in [-0.2, -0.15) is 11.8 Å². The van der Waals surface area contributed by atoms with Gasteiger partial charge in [-0.15, -0.1) is 0 Å². The van der Waals surface area contributed by atoms with Gasteiger partial charge in [-0.1, -0.05) is 20.8 Å². The van der Waals surface area contributed by atoms with Gasteiger partial charge in [-0.05, 0) is 12.8 Å². The van der Waals surface area contributed by atoms with Crippen molar-refractivity contribution in [3.05, 3.63) is 0 Å². The Hall–Kier alpha value is 0.0200. The summed E-state index contributed by atoms with van der Waals surface area (Å²) in [6.45, 7) is 6.66. The van der Waals surface area contributed by atoms with E-state index in [1.807, 2.05) is 11.8 Å². The average molecular weight is 186 g/mol. The van der Waals surface area contributed by atoms with Crippen LogP contribution in [0.5, 0.6) is 0 Å². The largest absolute Gasteiger partial charge is 0.300 e. The first-order chi connectivity index (χ1) is 5.47. The van der Waals surface area contributed by atoms with Crippen LogP contribution in [-0.2, 0) is 4.79 Å². The molecular formula is C10H18OS. The molecule has 1 atom stereocenters. The molecule has 0 aromatic heterocycles. The second-order valence-electron chi connectivity index (χ2n) is 4.49. The predicted molar refractivity (Wildman–Crippen MR) is 54.6 cm³/mol. The maximum absolute atomic E-state index is 11.1. The molecule has 0 amide bonds. The molecule has 2 heteroatoms. The van der Waals surface area contributed by atoms with Crippen LogP contribution in [0.25, 0.3) is 0 Å². The first kappa shape index (κ1) is 10.1. The molecule has 0 spiro atoms. The summed E-state index contributed by atoms with van der Waals surface area (Å²) in [5.41, 5.74) is 0. The smallest absolute Gasteiger partial charge is 0.134 e. The van der Waals surface area contributed by atoms with Gasteiger partial charge in [-0.25, -0.2) is 0 Å². The molecule has 70 valence electrons. The number of rotatable bonds is 1. The van der Waals surface area contributed by atoms with E-state index >= 15 is 0 Å². The Labute approximate surface area is 79.3 Å². The van der Waals surface area contributed by atoms with Crippen molar-refractivity contribution in [3.63, 3.8) is 0 Å². The summed E-state index contributed by atoms with van der Waals surface area (Å²) in [7, 11) is 0. The number of hydrogen-bond donors (Lipinski definition) is 0. The van der Waals surface area contributed by atoms with Crippen molar-refractivity contribution in [2.45, 2.75) is 56.5 Å². The van der Waals surface area contributed by atoms with Gasteiger partial charge in [0.05, 0.1) is 0 Å². The maximum Gasteiger partial charge on any atom is 0.134 e. The third-order valence-electron chi connectivity index (χ3n) is 1.96. The molecule has 0 aromatic carbocycles. The van der Waals surface area contributed by atoms with E-state index in [1.54, 1.807) is 0 Å². The van der Waals surface area contributed by atoms with Crippen molar-refractivity contribution in [2.75, 3.05) is 0 Å². The predicted octanol–water partition coefficient (Wildman–Crippen LogP) is 3.03. The fourth-order valence-corrected chi connectivity index (χ4v) is 3.14. The lowest BCUT2D eigenvalue weighted by atomic mass is 9.99. The highest BCUT2D eigenvalue weighted by atomic mass is 32.2. The van der Waals surface area contributed by atoms with Crippen LogP contribution in [0, 0.1) is 0 Å². The third kappa shape index (κ3) is 3.61. The van der Waals surface area contributed by atoms with Crippen LogP contribution in [0.1, 0.15) is 46.5 Å². The van der Waals surface area contributed by atoms with Crippen molar-refractivity contribution < 1.29 is 4.79 Å². The van der Waals surface area contributed by atoms with Crippen molar-refractivity contribution in [2.24, 2.45) is 0 Å². The zero-order valence-electron chi connectivity index (χ0n) is 8.22. The summed E-state index contributed by atoms with van der Waals surface area (Å²) >= 11 is 1.96. The lowest BCUT2D eigenvalue weighted by Crippen LogP contribution is -2.22. The fraction of sp³-hybridized carbons (Fsp3) is 0.900. The number of ketones is 1. The molecule has 1 saturated carbocycles. The molecule has 0 saturated heterocycles. The summed E-state index contributed by atoms with van der Waals surface area (Å²) in [6.07, 6.45) is 3.96. The lowest BCUT2D eigenvalue weighted by molar-refractivity contribution is -0.120. The summed E-state index contributed by atoms with van der Waals surface area (Å²) < 4.78 is 0.308. The number of carbonyl (C=O) groups is 1. The number of Topliss-reactive ketones (excluding diaryl/α,β-unsaturated/α-hetero) is 1. The Morgan fingerprint density at radius 2 is 2.08 bits per heavy atom. The Kier molecular flexibility index (Phi) is 3.22. The van der Waals surface area contributed by atoms with Crippen LogP contribution in [0.15, 0.2) is 0 Å². The molecule has 0 N–H and O–H groups in total. The van der Waals surface area contributed by atoms with Crippen LogP contribution in [0.2, 0.25) is 0 Å². The molecule has 1 nitrogen and oxygen atoms in total. The minimum absolute atomic E-state index is 0.308. The zero-order chi connectivity index (χ0) is 9.19. The third-order valence-corrected chi connectivity index (χ3v) is 3.40. The molecular weight excluding hydrogens is 168 g/mol. The normalized spacial score (nSPS) is 25.9. The van der Waals surface area contributed by atoms with Crippen LogP contribution >= 0.6 is 11.8 Å². The molecule has 0 aromatic rings. The van der Waals surface area contributed by atoms with Gasteiger partial charge < -0.3 is 0 Å². The van der Waals surface area contributed by atoms with E-state index < -0.39 is 0 Å². The summed E-state index contributed by atoms with van der Waals surface area (Å²) in [5.74, 6) is 0.461. The Bertz CT molecular complexity index is 169. The van der Waals surface area contributed by atoms with E-state index in [0.717, 1.165) is 19.3 Å². The minimum atomic E-state index is 0.308. The molecule has 1 aliphatic rings. The van der Waals surface area contributed by atoms with Gasteiger partial charge in [0.2, 0.25) is 0 Å². The number of thioether (sulfide) groups is 1. The van der Waals surface area contributed by atoms with E-state index in [-0.39, 0.29) is 0 Å². The molecule has 1 rings (SSSR count). The lowest BCUT2D eigenvalue weighted by Gasteiger charge is -2.27. The number of carbonyl (C=O) groups excluding carboxylic acids is 1. The molecule has 0 unspecified atom stereocenters. The molecule has 0 radical (unpaired) electrons. The standard InChI is InChI=1S/C10H18OS/c1-10(2,3)12-9-6-4-5-8(11)7-9/h9H,4-7H2,1-3H3/t9-/m1/s1. The topological polar surface area (TPSA) is 17.1 Å². The van der Waals surface area contributed by atoms with E-state index in [2.05, 4.69) is 20.8 Å². The average Bonchev–Trinajstić information content (AvgIpc) is 1.82. The van der Waals surface area contributed by atoms with Gasteiger partial charge in [0.25, 0.3) is 0 Å². The van der Waals surface area contributed by atoms with Crippen molar-refractivity contribution in [3.8, 4) is 0 Å². The summed E-state index contributed by atoms with van der Waals surface area (Å²) in [6, 6.07) is 0. The van der Waals surface area contributed by atoms with Gasteiger partial charge >= 0.3 is 0 Å². The molecule has 1 fully saturated rings. The summed E-state index contributed by atoms with van der Waals surface area (Å²) in [5, 5.41) is 0.589. The molecule has 1 aliphatic carbocycles. The molecule has 0 aliphatic heterocycles. The van der Waals surface area contributed by atoms with Crippen LogP contribution in [-0.4, -0.2) is 15.8 Å². The zero-order valence-corrected chi connectivity index (χ0v) is 9.04. The highest BCUT2D eigenvalue weighted by Crippen LogP contribution is 2.35. The van der Waals surface area contributed by atoms with Gasteiger partial charge in [0, 0.05) is 22.8 Å². The Balaban J connectivity index is 2.37. The van der Waals surface area contributed by atoms with Crippen LogP contribution in [0.4, 0.5) is 0 Å². The second-order valence-corrected chi connectivity index (χ2v) is 6.61. The van der Waals surface area contributed by atoms with Crippen molar-refractivity contribution in [1.82, 2.24) is 0 Å². The SMILES string of the molecule is CC(C)(C)S[C@@H]1CCCC(=O)C1. The highest BCUT2D eigenvalue weighted by molar-refractivity contribution is 8.01. The van der Waals surface area contributed by atoms with Gasteiger partial charge in [-0.3, -0.25) is 4.79 Å². The monoisotopic (exact) mass is 186 g/mol. The minimum Gasteiger partial charge on any atom is -0.300 e. The number of hydrogen-bond acceptors (Lipinski definition) is 2. The van der Waals surface area contributed by atoms with Gasteiger partial charge in [0.15, 0.2) is 0 Å². The van der Waals surface area contributed by atoms with Crippen molar-refractivity contribution >= 4 is 17.5 Å². The van der Waals surface area contributed by atoms with E-state index in [1.165, 1.54) is 6.42 Å². The molecule has 0 heterocycles. The quantitative estimate of drug-likeness (QED) is 0.626. The van der Waals surface area contributed by atoms with Crippen molar-refractivity contribution in [1.29, 1.82) is 0 Å². The first-order valence-corrected chi connectivity index (χ1v) is 5.55.